The van der Waals surface area contributed by atoms with E-state index in [1.165, 1.54) is 70.3 Å². The summed E-state index contributed by atoms with van der Waals surface area (Å²) in [5, 5.41) is 18.7. The summed E-state index contributed by atoms with van der Waals surface area (Å²) in [6.07, 6.45) is 17.3. The van der Waals surface area contributed by atoms with Crippen LogP contribution >= 0.6 is 0 Å². The molecule has 0 aliphatic heterocycles. The fourth-order valence-electron chi connectivity index (χ4n) is 2.36. The second-order valence-corrected chi connectivity index (χ2v) is 5.90. The minimum Gasteiger partial charge on any atom is -0.395 e. The molecule has 0 aromatic heterocycles. The predicted octanol–water partition coefficient (Wildman–Crippen LogP) is 3.92. The molecule has 0 radical (unpaired) electrons. The highest BCUT2D eigenvalue weighted by Gasteiger charge is 2.08. The van der Waals surface area contributed by atoms with Crippen molar-refractivity contribution in [3.8, 4) is 0 Å². The fourth-order valence-corrected chi connectivity index (χ4v) is 2.36. The Morgan fingerprint density at radius 2 is 1.43 bits per heavy atom. The molecule has 3 nitrogen and oxygen atoms in total. The normalized spacial score (nSPS) is 16.8. The van der Waals surface area contributed by atoms with Crippen LogP contribution in [0.15, 0.2) is 12.2 Å². The van der Waals surface area contributed by atoms with Gasteiger partial charge in [0.15, 0.2) is 0 Å². The lowest BCUT2D eigenvalue weighted by Gasteiger charge is -2.11. The van der Waals surface area contributed by atoms with Crippen LogP contribution in [0.2, 0.25) is 0 Å². The van der Waals surface area contributed by atoms with Crippen molar-refractivity contribution in [2.24, 2.45) is 5.73 Å². The highest BCUT2D eigenvalue weighted by atomic mass is 16.3. The average Bonchev–Trinajstić information content (AvgIpc) is 2.50. The Balaban J connectivity index is 3.41. The molecule has 0 saturated heterocycles. The summed E-state index contributed by atoms with van der Waals surface area (Å²) in [7, 11) is 0. The smallest absolute Gasteiger partial charge is 0.0894 e. The maximum atomic E-state index is 9.62. The van der Waals surface area contributed by atoms with E-state index in [-0.39, 0.29) is 0 Å². The molecule has 0 aliphatic carbocycles. The molecule has 0 saturated carbocycles. The van der Waals surface area contributed by atoms with Crippen LogP contribution in [0.3, 0.4) is 0 Å². The highest BCUT2D eigenvalue weighted by molar-refractivity contribution is 4.93. The molecule has 0 spiro atoms. The molecule has 0 rings (SSSR count). The van der Waals surface area contributed by atoms with Crippen molar-refractivity contribution in [3.05, 3.63) is 12.2 Å². The van der Waals surface area contributed by atoms with Gasteiger partial charge in [-0.3, -0.25) is 0 Å². The van der Waals surface area contributed by atoms with E-state index >= 15 is 0 Å². The number of aliphatic hydroxyl groups is 2. The number of aliphatic hydroxyl groups excluding tert-OH is 1. The van der Waals surface area contributed by atoms with Crippen molar-refractivity contribution in [2.45, 2.75) is 96.1 Å². The molecule has 0 bridgehead atoms. The van der Waals surface area contributed by atoms with Gasteiger partial charge in [-0.15, -0.1) is 0 Å². The highest BCUT2D eigenvalue weighted by Crippen LogP contribution is 2.12. The summed E-state index contributed by atoms with van der Waals surface area (Å²) in [6, 6.07) is -1.31. The molecule has 3 heteroatoms. The van der Waals surface area contributed by atoms with Gasteiger partial charge in [-0.05, 0) is 12.8 Å². The maximum Gasteiger partial charge on any atom is 0.0894 e. The standard InChI is InChI=1S/C18H37NO2/c1-2-3-4-5-6-7-8-9-10-11-12-13-14-15-18(21)17(19)16-20/h14-15,17-18,20-21H,2-13,16,19H2,1H3/t17-,18-/m1/s1/i16+1D2,17+1. The molecule has 0 heterocycles. The van der Waals surface area contributed by atoms with Crippen LogP contribution in [0.5, 0.6) is 0 Å². The Morgan fingerprint density at radius 1 is 0.952 bits per heavy atom. The van der Waals surface area contributed by atoms with Crippen LogP contribution in [0.25, 0.3) is 0 Å². The first kappa shape index (κ1) is 17.0. The summed E-state index contributed by atoms with van der Waals surface area (Å²) in [5.74, 6) is 0. The van der Waals surface area contributed by atoms with Crippen molar-refractivity contribution < 1.29 is 13.0 Å². The number of allylic oxidation sites excluding steroid dienone is 1. The summed E-state index contributed by atoms with van der Waals surface area (Å²) >= 11 is 0. The first-order chi connectivity index (χ1) is 10.9. The van der Waals surface area contributed by atoms with Crippen molar-refractivity contribution in [1.29, 1.82) is 0 Å². The summed E-state index contributed by atoms with van der Waals surface area (Å²) < 4.78 is 14.1. The van der Waals surface area contributed by atoms with Gasteiger partial charge in [-0.2, -0.15) is 0 Å². The Morgan fingerprint density at radius 3 is 1.90 bits per heavy atom. The molecular weight excluding hydrogens is 264 g/mol. The molecule has 0 aliphatic rings. The second kappa shape index (κ2) is 16.0. The van der Waals surface area contributed by atoms with Crippen molar-refractivity contribution in [1.82, 2.24) is 0 Å². The largest absolute Gasteiger partial charge is 0.395 e. The van der Waals surface area contributed by atoms with Gasteiger partial charge in [0, 0.05) is 0 Å². The van der Waals surface area contributed by atoms with Crippen LogP contribution < -0.4 is 5.73 Å². The average molecular weight is 303 g/mol. The second-order valence-electron chi connectivity index (χ2n) is 5.90. The summed E-state index contributed by atoms with van der Waals surface area (Å²) in [5.41, 5.74) is 5.42. The summed E-state index contributed by atoms with van der Waals surface area (Å²) in [6.45, 7) is -0.310. The molecule has 4 N–H and O–H groups in total. The van der Waals surface area contributed by atoms with Gasteiger partial charge in [-0.25, -0.2) is 0 Å². The Hall–Kier alpha value is -0.380. The third-order valence-electron chi connectivity index (χ3n) is 3.82. The van der Waals surface area contributed by atoms with Crippen LogP contribution in [0.1, 0.15) is 86.7 Å². The molecular formula is C18H37NO2. The summed E-state index contributed by atoms with van der Waals surface area (Å²) in [4.78, 5) is 0. The molecule has 0 amide bonds. The monoisotopic (exact) mass is 303 g/mol. The van der Waals surface area contributed by atoms with Gasteiger partial charge in [0.1, 0.15) is 0 Å². The van der Waals surface area contributed by atoms with E-state index in [4.69, 9.17) is 13.6 Å². The van der Waals surface area contributed by atoms with Crippen LogP contribution in [-0.2, 0) is 0 Å². The van der Waals surface area contributed by atoms with E-state index in [2.05, 4.69) is 6.92 Å². The van der Waals surface area contributed by atoms with E-state index in [9.17, 15) is 5.11 Å². The van der Waals surface area contributed by atoms with Crippen LogP contribution in [0.4, 0.5) is 0 Å². The third kappa shape index (κ3) is 14.3. The molecule has 0 aromatic carbocycles. The quantitative estimate of drug-likeness (QED) is 0.244. The predicted molar refractivity (Wildman–Crippen MR) is 91.3 cm³/mol. The fraction of sp³-hybridized carbons (Fsp3) is 0.889. The van der Waals surface area contributed by atoms with Crippen molar-refractivity contribution in [2.75, 3.05) is 6.56 Å². The number of nitrogens with two attached hydrogens (primary N) is 1. The topological polar surface area (TPSA) is 66.5 Å². The van der Waals surface area contributed by atoms with Gasteiger partial charge in [0.25, 0.3) is 0 Å². The van der Waals surface area contributed by atoms with Crippen molar-refractivity contribution >= 4 is 0 Å². The zero-order chi connectivity index (χ0) is 17.6. The Kier molecular flexibility index (Phi) is 12.9. The van der Waals surface area contributed by atoms with E-state index in [1.807, 2.05) is 6.08 Å². The van der Waals surface area contributed by atoms with E-state index in [0.717, 1.165) is 12.8 Å². The lowest BCUT2D eigenvalue weighted by Crippen LogP contribution is -2.36. The number of hydrogen-bond acceptors (Lipinski definition) is 3. The van der Waals surface area contributed by atoms with Crippen molar-refractivity contribution in [3.63, 3.8) is 0 Å². The van der Waals surface area contributed by atoms with Crippen LogP contribution in [-0.4, -0.2) is 28.9 Å². The van der Waals surface area contributed by atoms with Crippen LogP contribution in [0, 0.1) is 0 Å². The Labute approximate surface area is 134 Å². The zero-order valence-electron chi connectivity index (χ0n) is 15.8. The molecule has 0 unspecified atom stereocenters. The van der Waals surface area contributed by atoms with Gasteiger partial charge in [0.2, 0.25) is 0 Å². The lowest BCUT2D eigenvalue weighted by atomic mass is 10.1. The first-order valence-electron chi connectivity index (χ1n) is 9.72. The zero-order valence-corrected chi connectivity index (χ0v) is 13.8. The SMILES string of the molecule is [2H][13C]([2H])(O)[13C@@H](N)[C@H](O)C=CCCCCCCCCCCCCC. The number of hydrogen-bond donors (Lipinski definition) is 3. The minimum atomic E-state index is -2.56. The molecule has 126 valence electrons. The third-order valence-corrected chi connectivity index (χ3v) is 3.82. The van der Waals surface area contributed by atoms with Gasteiger partial charge in [-0.1, -0.05) is 83.3 Å². The number of unbranched alkanes of at least 4 members (excludes halogenated alkanes) is 11. The minimum absolute atomic E-state index is 0.856. The first-order valence-corrected chi connectivity index (χ1v) is 8.72. The van der Waals surface area contributed by atoms with E-state index in [0.29, 0.717) is 0 Å². The Bertz CT molecular complexity index is 293. The maximum absolute atomic E-state index is 9.62. The molecule has 21 heavy (non-hydrogen) atoms. The van der Waals surface area contributed by atoms with E-state index in [1.54, 1.807) is 0 Å². The molecule has 2 atom stereocenters. The number of rotatable bonds is 15. The molecule has 0 fully saturated rings. The molecule has 0 aromatic rings. The van der Waals surface area contributed by atoms with Gasteiger partial charge in [0.05, 0.1) is 21.4 Å². The lowest BCUT2D eigenvalue weighted by molar-refractivity contribution is 0.144. The van der Waals surface area contributed by atoms with Gasteiger partial charge < -0.3 is 15.9 Å². The van der Waals surface area contributed by atoms with Gasteiger partial charge >= 0.3 is 0 Å². The van der Waals surface area contributed by atoms with E-state index < -0.39 is 18.7 Å².